The van der Waals surface area contributed by atoms with Crippen LogP contribution in [0.1, 0.15) is 5.56 Å². The first-order chi connectivity index (χ1) is 9.16. The fraction of sp³-hybridized carbons (Fsp3) is 0.0714. The second kappa shape index (κ2) is 4.74. The SMILES string of the molecule is Fc1cccc(Cn2cc(Br)c3ccncc32)c1F. The Hall–Kier alpha value is -1.75. The summed E-state index contributed by atoms with van der Waals surface area (Å²) in [6.45, 7) is 0.261. The molecule has 2 nitrogen and oxygen atoms in total. The van der Waals surface area contributed by atoms with Gasteiger partial charge in [0, 0.05) is 27.8 Å². The molecule has 0 aliphatic rings. The first-order valence-corrected chi connectivity index (χ1v) is 6.47. The molecule has 0 aliphatic heterocycles. The van der Waals surface area contributed by atoms with Gasteiger partial charge in [0.25, 0.3) is 0 Å². The summed E-state index contributed by atoms with van der Waals surface area (Å²) in [7, 11) is 0. The quantitative estimate of drug-likeness (QED) is 0.693. The molecule has 0 spiro atoms. The smallest absolute Gasteiger partial charge is 0.163 e. The zero-order valence-corrected chi connectivity index (χ0v) is 11.4. The van der Waals surface area contributed by atoms with Gasteiger partial charge in [-0.15, -0.1) is 0 Å². The Morgan fingerprint density at radius 2 is 2.05 bits per heavy atom. The maximum absolute atomic E-state index is 13.7. The van der Waals surface area contributed by atoms with Gasteiger partial charge in [0.15, 0.2) is 11.6 Å². The first-order valence-electron chi connectivity index (χ1n) is 5.68. The van der Waals surface area contributed by atoms with E-state index in [1.165, 1.54) is 6.07 Å². The van der Waals surface area contributed by atoms with Gasteiger partial charge >= 0.3 is 0 Å². The Kier molecular flexibility index (Phi) is 3.06. The number of hydrogen-bond donors (Lipinski definition) is 0. The van der Waals surface area contributed by atoms with Crippen molar-refractivity contribution in [1.29, 1.82) is 0 Å². The summed E-state index contributed by atoms with van der Waals surface area (Å²) in [6, 6.07) is 6.07. The molecule has 2 heterocycles. The Morgan fingerprint density at radius 3 is 2.89 bits per heavy atom. The van der Waals surface area contributed by atoms with Gasteiger partial charge in [-0.25, -0.2) is 8.78 Å². The van der Waals surface area contributed by atoms with E-state index in [0.29, 0.717) is 5.56 Å². The van der Waals surface area contributed by atoms with Crippen LogP contribution in [0.2, 0.25) is 0 Å². The summed E-state index contributed by atoms with van der Waals surface area (Å²) < 4.78 is 29.6. The average Bonchev–Trinajstić information content (AvgIpc) is 2.73. The molecule has 2 aromatic heterocycles. The number of hydrogen-bond acceptors (Lipinski definition) is 1. The summed E-state index contributed by atoms with van der Waals surface area (Å²) in [5, 5.41) is 0.992. The second-order valence-corrected chi connectivity index (χ2v) is 5.07. The topological polar surface area (TPSA) is 17.8 Å². The van der Waals surface area contributed by atoms with E-state index in [1.54, 1.807) is 18.5 Å². The van der Waals surface area contributed by atoms with Gasteiger partial charge in [-0.05, 0) is 28.1 Å². The van der Waals surface area contributed by atoms with E-state index in [0.717, 1.165) is 21.4 Å². The van der Waals surface area contributed by atoms with Crippen molar-refractivity contribution < 1.29 is 8.78 Å². The molecular formula is C14H9BrF2N2. The largest absolute Gasteiger partial charge is 0.341 e. The third-order valence-corrected chi connectivity index (χ3v) is 3.64. The molecule has 0 saturated heterocycles. The maximum atomic E-state index is 13.7. The van der Waals surface area contributed by atoms with Crippen molar-refractivity contribution in [2.75, 3.05) is 0 Å². The van der Waals surface area contributed by atoms with Crippen molar-refractivity contribution in [2.45, 2.75) is 6.54 Å². The van der Waals surface area contributed by atoms with Crippen LogP contribution in [0.4, 0.5) is 8.78 Å². The second-order valence-electron chi connectivity index (χ2n) is 4.21. The van der Waals surface area contributed by atoms with Crippen LogP contribution in [0, 0.1) is 11.6 Å². The highest BCUT2D eigenvalue weighted by Gasteiger charge is 2.11. The maximum Gasteiger partial charge on any atom is 0.163 e. The van der Waals surface area contributed by atoms with Crippen LogP contribution in [0.15, 0.2) is 47.3 Å². The first kappa shape index (κ1) is 12.3. The van der Waals surface area contributed by atoms with Crippen LogP contribution in [0.25, 0.3) is 10.9 Å². The van der Waals surface area contributed by atoms with E-state index >= 15 is 0 Å². The predicted octanol–water partition coefficient (Wildman–Crippen LogP) is 4.13. The van der Waals surface area contributed by atoms with E-state index in [-0.39, 0.29) is 6.54 Å². The predicted molar refractivity (Wildman–Crippen MR) is 72.9 cm³/mol. The summed E-state index contributed by atoms with van der Waals surface area (Å²) >= 11 is 3.45. The molecule has 0 unspecified atom stereocenters. The normalized spacial score (nSPS) is 11.1. The lowest BCUT2D eigenvalue weighted by Gasteiger charge is -2.06. The van der Waals surface area contributed by atoms with E-state index in [2.05, 4.69) is 20.9 Å². The molecule has 5 heteroatoms. The minimum absolute atomic E-state index is 0.261. The zero-order chi connectivity index (χ0) is 13.4. The van der Waals surface area contributed by atoms with E-state index in [9.17, 15) is 8.78 Å². The van der Waals surface area contributed by atoms with Crippen molar-refractivity contribution in [1.82, 2.24) is 9.55 Å². The highest BCUT2D eigenvalue weighted by Crippen LogP contribution is 2.26. The Labute approximate surface area is 116 Å². The van der Waals surface area contributed by atoms with Gasteiger partial charge in [0.05, 0.1) is 18.3 Å². The summed E-state index contributed by atoms with van der Waals surface area (Å²) in [4.78, 5) is 4.06. The van der Waals surface area contributed by atoms with Crippen LogP contribution in [0.3, 0.4) is 0 Å². The molecule has 0 fully saturated rings. The van der Waals surface area contributed by atoms with Gasteiger partial charge in [-0.3, -0.25) is 4.98 Å². The third-order valence-electron chi connectivity index (χ3n) is 3.01. The molecule has 1 aromatic carbocycles. The summed E-state index contributed by atoms with van der Waals surface area (Å²) in [6.07, 6.45) is 5.24. The van der Waals surface area contributed by atoms with Gasteiger partial charge in [-0.2, -0.15) is 0 Å². The van der Waals surface area contributed by atoms with Gasteiger partial charge in [0.1, 0.15) is 0 Å². The van der Waals surface area contributed by atoms with Gasteiger partial charge in [-0.1, -0.05) is 12.1 Å². The molecule has 0 aliphatic carbocycles. The summed E-state index contributed by atoms with van der Waals surface area (Å²) in [5.41, 5.74) is 1.19. The van der Waals surface area contributed by atoms with Crippen molar-refractivity contribution in [3.63, 3.8) is 0 Å². The van der Waals surface area contributed by atoms with Crippen LogP contribution in [-0.2, 0) is 6.54 Å². The Morgan fingerprint density at radius 1 is 1.21 bits per heavy atom. The standard InChI is InChI=1S/C14H9BrF2N2/c15-11-8-19(13-6-18-5-4-10(11)13)7-9-2-1-3-12(16)14(9)17/h1-6,8H,7H2. The molecule has 0 bridgehead atoms. The fourth-order valence-electron chi connectivity index (χ4n) is 2.08. The molecule has 3 rings (SSSR count). The lowest BCUT2D eigenvalue weighted by atomic mass is 10.2. The van der Waals surface area contributed by atoms with Crippen LogP contribution in [-0.4, -0.2) is 9.55 Å². The lowest BCUT2D eigenvalue weighted by molar-refractivity contribution is 0.496. The number of pyridine rings is 1. The molecule has 3 aromatic rings. The van der Waals surface area contributed by atoms with Crippen molar-refractivity contribution in [3.05, 3.63) is 64.5 Å². The van der Waals surface area contributed by atoms with Crippen molar-refractivity contribution in [2.24, 2.45) is 0 Å². The Balaban J connectivity index is 2.09. The number of rotatable bonds is 2. The van der Waals surface area contributed by atoms with E-state index in [4.69, 9.17) is 0 Å². The highest BCUT2D eigenvalue weighted by atomic mass is 79.9. The van der Waals surface area contributed by atoms with Crippen LogP contribution < -0.4 is 0 Å². The number of fused-ring (bicyclic) bond motifs is 1. The monoisotopic (exact) mass is 322 g/mol. The molecule has 0 radical (unpaired) electrons. The average molecular weight is 323 g/mol. The van der Waals surface area contributed by atoms with Crippen molar-refractivity contribution >= 4 is 26.8 Å². The number of aromatic nitrogens is 2. The molecule has 0 saturated carbocycles. The van der Waals surface area contributed by atoms with Crippen LogP contribution >= 0.6 is 15.9 Å². The Bertz CT molecular complexity index is 752. The molecule has 0 atom stereocenters. The van der Waals surface area contributed by atoms with Gasteiger partial charge in [0.2, 0.25) is 0 Å². The van der Waals surface area contributed by atoms with Gasteiger partial charge < -0.3 is 4.57 Å². The molecule has 96 valence electrons. The minimum Gasteiger partial charge on any atom is -0.341 e. The fourth-order valence-corrected chi connectivity index (χ4v) is 2.66. The number of halogens is 3. The zero-order valence-electron chi connectivity index (χ0n) is 9.78. The summed E-state index contributed by atoms with van der Waals surface area (Å²) in [5.74, 6) is -1.63. The van der Waals surface area contributed by atoms with Crippen LogP contribution in [0.5, 0.6) is 0 Å². The molecule has 0 amide bonds. The van der Waals surface area contributed by atoms with E-state index in [1.807, 2.05) is 16.8 Å². The minimum atomic E-state index is -0.828. The molecule has 19 heavy (non-hydrogen) atoms. The third kappa shape index (κ3) is 2.14. The highest BCUT2D eigenvalue weighted by molar-refractivity contribution is 9.10. The molecular weight excluding hydrogens is 314 g/mol. The number of nitrogens with zero attached hydrogens (tertiary/aromatic N) is 2. The van der Waals surface area contributed by atoms with E-state index < -0.39 is 11.6 Å². The number of benzene rings is 1. The lowest BCUT2D eigenvalue weighted by Crippen LogP contribution is -2.02. The molecule has 0 N–H and O–H groups in total. The van der Waals surface area contributed by atoms with Crippen molar-refractivity contribution in [3.8, 4) is 0 Å².